The zero-order valence-corrected chi connectivity index (χ0v) is 11.4. The molecule has 1 aromatic rings. The van der Waals surface area contributed by atoms with Crippen LogP contribution in [-0.2, 0) is 6.42 Å². The van der Waals surface area contributed by atoms with E-state index in [1.54, 1.807) is 0 Å². The van der Waals surface area contributed by atoms with Crippen LogP contribution in [0.5, 0.6) is 0 Å². The Kier molecular flexibility index (Phi) is 7.74. The highest BCUT2D eigenvalue weighted by molar-refractivity contribution is 5.14. The van der Waals surface area contributed by atoms with Crippen LogP contribution in [0, 0.1) is 0 Å². The Morgan fingerprint density at radius 3 is 2.47 bits per heavy atom. The third kappa shape index (κ3) is 6.48. The van der Waals surface area contributed by atoms with Gasteiger partial charge in [-0.1, -0.05) is 57.0 Å². The van der Waals surface area contributed by atoms with Gasteiger partial charge in [-0.2, -0.15) is 0 Å². The molecule has 1 rings (SSSR count). The molecule has 0 aliphatic carbocycles. The van der Waals surface area contributed by atoms with E-state index in [2.05, 4.69) is 49.5 Å². The third-order valence-corrected chi connectivity index (χ3v) is 3.32. The van der Waals surface area contributed by atoms with Crippen molar-refractivity contribution in [3.8, 4) is 0 Å². The average molecular weight is 233 g/mol. The first kappa shape index (κ1) is 14.2. The van der Waals surface area contributed by atoms with Crippen molar-refractivity contribution in [2.24, 2.45) is 0 Å². The van der Waals surface area contributed by atoms with E-state index in [0.717, 1.165) is 12.6 Å². The Balaban J connectivity index is 2.10. The largest absolute Gasteiger partial charge is 0.314 e. The highest BCUT2D eigenvalue weighted by Gasteiger charge is 2.03. The van der Waals surface area contributed by atoms with Gasteiger partial charge < -0.3 is 5.32 Å². The van der Waals surface area contributed by atoms with Gasteiger partial charge in [0.15, 0.2) is 0 Å². The molecule has 1 heteroatoms. The Labute approximate surface area is 107 Å². The lowest BCUT2D eigenvalue weighted by Crippen LogP contribution is -2.29. The molecule has 1 N–H and O–H groups in total. The molecular formula is C16H27N. The van der Waals surface area contributed by atoms with Crippen molar-refractivity contribution in [1.82, 2.24) is 5.32 Å². The molecule has 0 spiro atoms. The SMILES string of the molecule is CCCCC(CC)NCCCc1ccccc1. The summed E-state index contributed by atoms with van der Waals surface area (Å²) in [5.41, 5.74) is 1.45. The number of unbranched alkanes of at least 4 members (excludes halogenated alkanes) is 1. The summed E-state index contributed by atoms with van der Waals surface area (Å²) < 4.78 is 0. The van der Waals surface area contributed by atoms with E-state index in [4.69, 9.17) is 0 Å². The van der Waals surface area contributed by atoms with Gasteiger partial charge in [-0.15, -0.1) is 0 Å². The van der Waals surface area contributed by atoms with Crippen molar-refractivity contribution < 1.29 is 0 Å². The molecule has 1 unspecified atom stereocenters. The van der Waals surface area contributed by atoms with Crippen molar-refractivity contribution in [3.63, 3.8) is 0 Å². The van der Waals surface area contributed by atoms with E-state index >= 15 is 0 Å². The van der Waals surface area contributed by atoms with Crippen LogP contribution in [0.2, 0.25) is 0 Å². The lowest BCUT2D eigenvalue weighted by molar-refractivity contribution is 0.449. The van der Waals surface area contributed by atoms with E-state index in [0.29, 0.717) is 0 Å². The summed E-state index contributed by atoms with van der Waals surface area (Å²) in [7, 11) is 0. The third-order valence-electron chi connectivity index (χ3n) is 3.32. The summed E-state index contributed by atoms with van der Waals surface area (Å²) in [6.45, 7) is 5.70. The number of hydrogen-bond acceptors (Lipinski definition) is 1. The zero-order chi connectivity index (χ0) is 12.3. The number of rotatable bonds is 9. The number of aryl methyl sites for hydroxylation is 1. The van der Waals surface area contributed by atoms with Gasteiger partial charge in [0, 0.05) is 6.04 Å². The van der Waals surface area contributed by atoms with E-state index in [-0.39, 0.29) is 0 Å². The fourth-order valence-corrected chi connectivity index (χ4v) is 2.14. The molecule has 1 atom stereocenters. The minimum absolute atomic E-state index is 0.728. The van der Waals surface area contributed by atoms with E-state index in [1.165, 1.54) is 44.1 Å². The second-order valence-electron chi connectivity index (χ2n) is 4.79. The fraction of sp³-hybridized carbons (Fsp3) is 0.625. The minimum Gasteiger partial charge on any atom is -0.314 e. The highest BCUT2D eigenvalue weighted by atomic mass is 14.9. The molecule has 17 heavy (non-hydrogen) atoms. The Bertz CT molecular complexity index is 268. The molecule has 0 aliphatic rings. The molecule has 1 nitrogen and oxygen atoms in total. The van der Waals surface area contributed by atoms with Crippen molar-refractivity contribution in [1.29, 1.82) is 0 Å². The zero-order valence-electron chi connectivity index (χ0n) is 11.4. The number of benzene rings is 1. The van der Waals surface area contributed by atoms with Crippen LogP contribution in [0.15, 0.2) is 30.3 Å². The summed E-state index contributed by atoms with van der Waals surface area (Å²) >= 11 is 0. The van der Waals surface area contributed by atoms with Gasteiger partial charge in [0.05, 0.1) is 0 Å². The van der Waals surface area contributed by atoms with Crippen molar-refractivity contribution in [2.45, 2.75) is 58.4 Å². The van der Waals surface area contributed by atoms with Gasteiger partial charge in [0.25, 0.3) is 0 Å². The van der Waals surface area contributed by atoms with Crippen LogP contribution >= 0.6 is 0 Å². The molecule has 0 amide bonds. The predicted molar refractivity (Wildman–Crippen MR) is 76.4 cm³/mol. The second-order valence-corrected chi connectivity index (χ2v) is 4.79. The minimum atomic E-state index is 0.728. The van der Waals surface area contributed by atoms with Crippen LogP contribution in [-0.4, -0.2) is 12.6 Å². The molecule has 0 fully saturated rings. The van der Waals surface area contributed by atoms with Gasteiger partial charge in [-0.05, 0) is 37.8 Å². The first-order valence-corrected chi connectivity index (χ1v) is 7.14. The fourth-order valence-electron chi connectivity index (χ4n) is 2.14. The topological polar surface area (TPSA) is 12.0 Å². The molecule has 0 heterocycles. The molecule has 0 saturated heterocycles. The Hall–Kier alpha value is -0.820. The molecule has 0 aromatic heterocycles. The van der Waals surface area contributed by atoms with Crippen molar-refractivity contribution in [3.05, 3.63) is 35.9 Å². The van der Waals surface area contributed by atoms with Gasteiger partial charge in [-0.25, -0.2) is 0 Å². The first-order valence-electron chi connectivity index (χ1n) is 7.14. The predicted octanol–water partition coefficient (Wildman–Crippen LogP) is 4.18. The Morgan fingerprint density at radius 2 is 1.82 bits per heavy atom. The van der Waals surface area contributed by atoms with E-state index in [9.17, 15) is 0 Å². The second kappa shape index (κ2) is 9.23. The van der Waals surface area contributed by atoms with Crippen LogP contribution < -0.4 is 5.32 Å². The Morgan fingerprint density at radius 1 is 1.06 bits per heavy atom. The van der Waals surface area contributed by atoms with Gasteiger partial charge in [0.1, 0.15) is 0 Å². The molecule has 96 valence electrons. The van der Waals surface area contributed by atoms with E-state index < -0.39 is 0 Å². The summed E-state index contributed by atoms with van der Waals surface area (Å²) in [6.07, 6.45) is 7.68. The number of hydrogen-bond donors (Lipinski definition) is 1. The summed E-state index contributed by atoms with van der Waals surface area (Å²) in [5.74, 6) is 0. The molecule has 1 aromatic carbocycles. The monoisotopic (exact) mass is 233 g/mol. The average Bonchev–Trinajstić information content (AvgIpc) is 2.39. The smallest absolute Gasteiger partial charge is 0.00644 e. The van der Waals surface area contributed by atoms with Crippen LogP contribution in [0.4, 0.5) is 0 Å². The van der Waals surface area contributed by atoms with Crippen LogP contribution in [0.1, 0.15) is 51.5 Å². The van der Waals surface area contributed by atoms with Crippen molar-refractivity contribution >= 4 is 0 Å². The van der Waals surface area contributed by atoms with Crippen molar-refractivity contribution in [2.75, 3.05) is 6.54 Å². The molecular weight excluding hydrogens is 206 g/mol. The lowest BCUT2D eigenvalue weighted by Gasteiger charge is -2.16. The lowest BCUT2D eigenvalue weighted by atomic mass is 10.1. The van der Waals surface area contributed by atoms with Crippen LogP contribution in [0.25, 0.3) is 0 Å². The molecule has 0 saturated carbocycles. The van der Waals surface area contributed by atoms with Gasteiger partial charge in [0.2, 0.25) is 0 Å². The maximum absolute atomic E-state index is 3.67. The van der Waals surface area contributed by atoms with E-state index in [1.807, 2.05) is 0 Å². The van der Waals surface area contributed by atoms with Crippen LogP contribution in [0.3, 0.4) is 0 Å². The van der Waals surface area contributed by atoms with Gasteiger partial charge >= 0.3 is 0 Å². The standard InChI is InChI=1S/C16H27N/c1-3-5-13-16(4-2)17-14-9-12-15-10-7-6-8-11-15/h6-8,10-11,16-17H,3-5,9,12-14H2,1-2H3. The summed E-state index contributed by atoms with van der Waals surface area (Å²) in [5, 5.41) is 3.67. The highest BCUT2D eigenvalue weighted by Crippen LogP contribution is 2.05. The molecule has 0 bridgehead atoms. The molecule has 0 radical (unpaired) electrons. The maximum atomic E-state index is 3.67. The summed E-state index contributed by atoms with van der Waals surface area (Å²) in [6, 6.07) is 11.5. The molecule has 0 aliphatic heterocycles. The maximum Gasteiger partial charge on any atom is 0.00644 e. The normalized spacial score (nSPS) is 12.6. The number of nitrogens with one attached hydrogen (secondary N) is 1. The first-order chi connectivity index (χ1) is 8.36. The quantitative estimate of drug-likeness (QED) is 0.631. The van der Waals surface area contributed by atoms with Gasteiger partial charge in [-0.3, -0.25) is 0 Å². The summed E-state index contributed by atoms with van der Waals surface area (Å²) in [4.78, 5) is 0.